The Labute approximate surface area is 109 Å². The molecule has 0 saturated carbocycles. The van der Waals surface area contributed by atoms with Crippen LogP contribution in [0.25, 0.3) is 0 Å². The van der Waals surface area contributed by atoms with E-state index >= 15 is 0 Å². The highest BCUT2D eigenvalue weighted by Gasteiger charge is 2.18. The van der Waals surface area contributed by atoms with E-state index in [0.717, 1.165) is 15.6 Å². The molecular formula is C11H16INO3. The fourth-order valence-electron chi connectivity index (χ4n) is 1.51. The smallest absolute Gasteiger partial charge is 0.204 e. The zero-order valence-corrected chi connectivity index (χ0v) is 11.8. The normalized spacial score (nSPS) is 10.1. The summed E-state index contributed by atoms with van der Waals surface area (Å²) in [6.45, 7) is 0.592. The van der Waals surface area contributed by atoms with Crippen LogP contribution in [-0.2, 0) is 6.42 Å². The van der Waals surface area contributed by atoms with Crippen molar-refractivity contribution in [3.05, 3.63) is 15.2 Å². The predicted octanol–water partition coefficient (Wildman–Crippen LogP) is 1.82. The highest BCUT2D eigenvalue weighted by molar-refractivity contribution is 14.1. The number of nitrogens with two attached hydrogens (primary N) is 1. The Morgan fingerprint density at radius 3 is 2.19 bits per heavy atom. The Morgan fingerprint density at radius 2 is 1.75 bits per heavy atom. The van der Waals surface area contributed by atoms with Crippen molar-refractivity contribution in [2.75, 3.05) is 27.9 Å². The molecule has 0 amide bonds. The number of hydrogen-bond acceptors (Lipinski definition) is 4. The molecule has 0 atom stereocenters. The van der Waals surface area contributed by atoms with Crippen molar-refractivity contribution in [1.82, 2.24) is 0 Å². The topological polar surface area (TPSA) is 53.7 Å². The van der Waals surface area contributed by atoms with Crippen LogP contribution >= 0.6 is 22.6 Å². The second-order valence-electron chi connectivity index (χ2n) is 3.16. The quantitative estimate of drug-likeness (QED) is 0.830. The van der Waals surface area contributed by atoms with Crippen molar-refractivity contribution >= 4 is 22.6 Å². The fourth-order valence-corrected chi connectivity index (χ4v) is 2.40. The number of ether oxygens (including phenoxy) is 3. The molecule has 1 aromatic rings. The van der Waals surface area contributed by atoms with Gasteiger partial charge in [-0.25, -0.2) is 0 Å². The number of hydrogen-bond donors (Lipinski definition) is 1. The number of rotatable bonds is 5. The van der Waals surface area contributed by atoms with Gasteiger partial charge >= 0.3 is 0 Å². The van der Waals surface area contributed by atoms with E-state index in [0.29, 0.717) is 23.8 Å². The first-order chi connectivity index (χ1) is 7.69. The molecule has 0 spiro atoms. The number of benzene rings is 1. The molecule has 0 aromatic heterocycles. The summed E-state index contributed by atoms with van der Waals surface area (Å²) in [6.07, 6.45) is 0.787. The molecule has 0 saturated heterocycles. The van der Waals surface area contributed by atoms with E-state index in [1.807, 2.05) is 6.07 Å². The van der Waals surface area contributed by atoms with E-state index in [1.165, 1.54) is 0 Å². The van der Waals surface area contributed by atoms with E-state index in [2.05, 4.69) is 22.6 Å². The summed E-state index contributed by atoms with van der Waals surface area (Å²) in [4.78, 5) is 0. The molecule has 90 valence electrons. The Morgan fingerprint density at radius 1 is 1.12 bits per heavy atom. The first kappa shape index (κ1) is 13.4. The number of halogens is 1. The number of methoxy groups -OCH3 is 3. The summed E-state index contributed by atoms with van der Waals surface area (Å²) in [7, 11) is 4.82. The monoisotopic (exact) mass is 341 g/mol. The molecule has 0 radical (unpaired) electrons. The lowest BCUT2D eigenvalue weighted by molar-refractivity contribution is 0.322. The first-order valence-corrected chi connectivity index (χ1v) is 5.94. The zero-order valence-electron chi connectivity index (χ0n) is 9.67. The van der Waals surface area contributed by atoms with Crippen molar-refractivity contribution < 1.29 is 14.2 Å². The summed E-state index contributed by atoms with van der Waals surface area (Å²) in [5.41, 5.74) is 6.68. The van der Waals surface area contributed by atoms with Gasteiger partial charge in [-0.1, -0.05) is 0 Å². The van der Waals surface area contributed by atoms with Crippen LogP contribution in [0.4, 0.5) is 0 Å². The van der Waals surface area contributed by atoms with Gasteiger partial charge in [0.15, 0.2) is 11.5 Å². The molecule has 1 aromatic carbocycles. The maximum Gasteiger partial charge on any atom is 0.204 e. The molecule has 0 aliphatic carbocycles. The van der Waals surface area contributed by atoms with Gasteiger partial charge in [0, 0.05) is 0 Å². The molecule has 0 bridgehead atoms. The summed E-state index contributed by atoms with van der Waals surface area (Å²) < 4.78 is 16.9. The van der Waals surface area contributed by atoms with E-state index in [1.54, 1.807) is 21.3 Å². The van der Waals surface area contributed by atoms with Gasteiger partial charge in [-0.05, 0) is 47.2 Å². The Hall–Kier alpha value is -0.690. The predicted molar refractivity (Wildman–Crippen MR) is 71.6 cm³/mol. The standard InChI is InChI=1S/C11H16INO3/c1-14-8-6-7(4-5-13)9(12)11(16-3)10(8)15-2/h6H,4-5,13H2,1-3H3/i12+4. The van der Waals surface area contributed by atoms with Crippen molar-refractivity contribution in [1.29, 1.82) is 0 Å². The summed E-state index contributed by atoms with van der Waals surface area (Å²) >= 11 is 2.23. The second kappa shape index (κ2) is 6.15. The van der Waals surface area contributed by atoms with Crippen LogP contribution in [0, 0.1) is 3.57 Å². The SMILES string of the molecule is COc1cc(CCN)c([131I])c(OC)c1OC. The van der Waals surface area contributed by atoms with Crippen LogP contribution in [0.5, 0.6) is 17.2 Å². The highest BCUT2D eigenvalue weighted by atomic mass is 131. The summed E-state index contributed by atoms with van der Waals surface area (Å²) in [6, 6.07) is 1.94. The third-order valence-corrected chi connectivity index (χ3v) is 3.44. The van der Waals surface area contributed by atoms with Gasteiger partial charge in [0.1, 0.15) is 0 Å². The Bertz CT molecular complexity index is 369. The first-order valence-electron chi connectivity index (χ1n) is 4.87. The molecule has 5 heteroatoms. The Kier molecular flexibility index (Phi) is 5.14. The average molecular weight is 341 g/mol. The minimum absolute atomic E-state index is 0.592. The van der Waals surface area contributed by atoms with E-state index < -0.39 is 0 Å². The van der Waals surface area contributed by atoms with Crippen molar-refractivity contribution in [2.24, 2.45) is 5.73 Å². The molecule has 1 rings (SSSR count). The van der Waals surface area contributed by atoms with Crippen LogP contribution in [0.15, 0.2) is 6.07 Å². The van der Waals surface area contributed by atoms with Crippen LogP contribution in [-0.4, -0.2) is 27.9 Å². The van der Waals surface area contributed by atoms with Crippen molar-refractivity contribution in [2.45, 2.75) is 6.42 Å². The van der Waals surface area contributed by atoms with Crippen LogP contribution in [0.3, 0.4) is 0 Å². The van der Waals surface area contributed by atoms with Crippen molar-refractivity contribution in [3.63, 3.8) is 0 Å². The van der Waals surface area contributed by atoms with Gasteiger partial charge in [0.25, 0.3) is 0 Å². The van der Waals surface area contributed by atoms with Crippen LogP contribution in [0.2, 0.25) is 0 Å². The zero-order chi connectivity index (χ0) is 12.1. The van der Waals surface area contributed by atoms with Gasteiger partial charge in [-0.15, -0.1) is 0 Å². The molecule has 0 aliphatic heterocycles. The molecule has 0 fully saturated rings. The molecule has 2 N–H and O–H groups in total. The molecule has 16 heavy (non-hydrogen) atoms. The lowest BCUT2D eigenvalue weighted by Crippen LogP contribution is -2.06. The summed E-state index contributed by atoms with van der Waals surface area (Å²) in [5.74, 6) is 1.99. The van der Waals surface area contributed by atoms with Gasteiger partial charge in [-0.3, -0.25) is 0 Å². The lowest BCUT2D eigenvalue weighted by Gasteiger charge is -2.16. The largest absolute Gasteiger partial charge is 0.493 e. The molecule has 0 heterocycles. The van der Waals surface area contributed by atoms with E-state index in [9.17, 15) is 0 Å². The Balaban J connectivity index is 3.35. The minimum Gasteiger partial charge on any atom is -0.493 e. The van der Waals surface area contributed by atoms with Crippen LogP contribution < -0.4 is 19.9 Å². The van der Waals surface area contributed by atoms with Gasteiger partial charge in [0.2, 0.25) is 5.75 Å². The van der Waals surface area contributed by atoms with Gasteiger partial charge in [-0.2, -0.15) is 0 Å². The minimum atomic E-state index is 0.592. The highest BCUT2D eigenvalue weighted by Crippen LogP contribution is 2.42. The molecule has 0 aliphatic rings. The third-order valence-electron chi connectivity index (χ3n) is 2.26. The van der Waals surface area contributed by atoms with E-state index in [4.69, 9.17) is 19.9 Å². The third kappa shape index (κ3) is 2.52. The maximum atomic E-state index is 5.57. The second-order valence-corrected chi connectivity index (χ2v) is 4.24. The molecule has 4 nitrogen and oxygen atoms in total. The van der Waals surface area contributed by atoms with E-state index in [-0.39, 0.29) is 0 Å². The summed E-state index contributed by atoms with van der Waals surface area (Å²) in [5, 5.41) is 0. The average Bonchev–Trinajstić information content (AvgIpc) is 2.31. The lowest BCUT2D eigenvalue weighted by atomic mass is 10.1. The van der Waals surface area contributed by atoms with Crippen molar-refractivity contribution in [3.8, 4) is 17.2 Å². The van der Waals surface area contributed by atoms with Crippen LogP contribution in [0.1, 0.15) is 5.56 Å². The molecule has 0 unspecified atom stereocenters. The molecular weight excluding hydrogens is 325 g/mol. The fraction of sp³-hybridized carbons (Fsp3) is 0.455. The van der Waals surface area contributed by atoms with Gasteiger partial charge < -0.3 is 19.9 Å². The maximum absolute atomic E-state index is 5.57. The van der Waals surface area contributed by atoms with Gasteiger partial charge in [0.05, 0.1) is 24.9 Å².